The van der Waals surface area contributed by atoms with E-state index in [-0.39, 0.29) is 23.6 Å². The van der Waals surface area contributed by atoms with Crippen LogP contribution in [0.2, 0.25) is 0 Å². The number of aliphatic carboxylic acids is 1. The van der Waals surface area contributed by atoms with Gasteiger partial charge in [0.25, 0.3) is 0 Å². The lowest BCUT2D eigenvalue weighted by Crippen LogP contribution is -2.32. The van der Waals surface area contributed by atoms with E-state index in [1.807, 2.05) is 36.4 Å². The highest BCUT2D eigenvalue weighted by Gasteiger charge is 2.46. The minimum Gasteiger partial charge on any atom is -0.497 e. The number of rotatable bonds is 11. The summed E-state index contributed by atoms with van der Waals surface area (Å²) in [5, 5.41) is 9.50. The molecule has 3 aromatic rings. The third-order valence-corrected chi connectivity index (χ3v) is 9.05. The molecule has 1 N–H and O–H groups in total. The minimum atomic E-state index is -0.772. The molecule has 2 aliphatic rings. The van der Waals surface area contributed by atoms with Gasteiger partial charge in [-0.1, -0.05) is 37.3 Å². The van der Waals surface area contributed by atoms with E-state index >= 15 is 4.39 Å². The number of likely N-dealkylation sites (tertiary alicyclic amines) is 1. The lowest BCUT2D eigenvalue weighted by atomic mass is 9.82. The molecule has 0 amide bonds. The molecule has 1 saturated carbocycles. The molecule has 5 nitrogen and oxygen atoms in total. The summed E-state index contributed by atoms with van der Waals surface area (Å²) in [6.45, 7) is 7.78. The predicted molar refractivity (Wildman–Crippen MR) is 155 cm³/mol. The lowest BCUT2D eigenvalue weighted by molar-refractivity contribution is -0.137. The SMILES string of the molecule is COc1ccc(F)c(-c2ccc(COc3cccc([C@H](CC(=O)O)C4(C)CC4)c3)cc2CN2[C@H](C)CC[C@H]2C)c1. The first-order valence-electron chi connectivity index (χ1n) is 14.3. The van der Waals surface area contributed by atoms with Gasteiger partial charge in [0.2, 0.25) is 0 Å². The first kappa shape index (κ1) is 28.2. The van der Waals surface area contributed by atoms with Crippen LogP contribution in [-0.2, 0) is 17.9 Å². The molecule has 1 heterocycles. The topological polar surface area (TPSA) is 59.0 Å². The van der Waals surface area contributed by atoms with Crippen molar-refractivity contribution >= 4 is 5.97 Å². The zero-order valence-electron chi connectivity index (χ0n) is 24.0. The molecule has 5 rings (SSSR count). The molecule has 40 heavy (non-hydrogen) atoms. The second-order valence-corrected chi connectivity index (χ2v) is 12.0. The molecule has 0 aromatic heterocycles. The summed E-state index contributed by atoms with van der Waals surface area (Å²) >= 11 is 0. The van der Waals surface area contributed by atoms with E-state index in [9.17, 15) is 9.90 Å². The van der Waals surface area contributed by atoms with Gasteiger partial charge in [-0.25, -0.2) is 4.39 Å². The summed E-state index contributed by atoms with van der Waals surface area (Å²) in [7, 11) is 1.59. The van der Waals surface area contributed by atoms with Gasteiger partial charge < -0.3 is 14.6 Å². The number of nitrogens with zero attached hydrogens (tertiary/aromatic N) is 1. The van der Waals surface area contributed by atoms with Gasteiger partial charge >= 0.3 is 5.97 Å². The van der Waals surface area contributed by atoms with Gasteiger partial charge in [0, 0.05) is 24.2 Å². The van der Waals surface area contributed by atoms with Crippen molar-refractivity contribution in [1.29, 1.82) is 0 Å². The maximum Gasteiger partial charge on any atom is 0.303 e. The quantitative estimate of drug-likeness (QED) is 0.266. The third kappa shape index (κ3) is 6.17. The Balaban J connectivity index is 1.41. The Morgan fingerprint density at radius 1 is 1.02 bits per heavy atom. The number of benzene rings is 3. The Morgan fingerprint density at radius 3 is 2.45 bits per heavy atom. The van der Waals surface area contributed by atoms with E-state index in [0.29, 0.717) is 30.0 Å². The van der Waals surface area contributed by atoms with Gasteiger partial charge in [-0.05, 0) is 103 Å². The number of hydrogen-bond donors (Lipinski definition) is 1. The number of methoxy groups -OCH3 is 1. The van der Waals surface area contributed by atoms with Crippen LogP contribution in [0.15, 0.2) is 60.7 Å². The fourth-order valence-electron chi connectivity index (χ4n) is 6.20. The fraction of sp³-hybridized carbons (Fsp3) is 0.441. The van der Waals surface area contributed by atoms with Crippen LogP contribution in [0.1, 0.15) is 75.5 Å². The zero-order chi connectivity index (χ0) is 28.4. The van der Waals surface area contributed by atoms with Crippen LogP contribution in [0, 0.1) is 11.2 Å². The van der Waals surface area contributed by atoms with Crippen LogP contribution >= 0.6 is 0 Å². The van der Waals surface area contributed by atoms with Crippen LogP contribution in [0.5, 0.6) is 11.5 Å². The first-order chi connectivity index (χ1) is 19.2. The van der Waals surface area contributed by atoms with Gasteiger partial charge in [0.1, 0.15) is 23.9 Å². The highest BCUT2D eigenvalue weighted by molar-refractivity contribution is 5.70. The molecule has 1 aliphatic heterocycles. The molecule has 2 fully saturated rings. The Bertz CT molecular complexity index is 1360. The number of carboxylic acids is 1. The first-order valence-corrected chi connectivity index (χ1v) is 14.3. The predicted octanol–water partition coefficient (Wildman–Crippen LogP) is 7.81. The number of carboxylic acid groups (broad SMARTS) is 1. The van der Waals surface area contributed by atoms with Crippen molar-refractivity contribution in [3.63, 3.8) is 0 Å². The summed E-state index contributed by atoms with van der Waals surface area (Å²) in [6.07, 6.45) is 4.54. The number of hydrogen-bond acceptors (Lipinski definition) is 4. The molecule has 3 atom stereocenters. The lowest BCUT2D eigenvalue weighted by Gasteiger charge is -2.27. The number of carbonyl (C=O) groups is 1. The molecule has 0 spiro atoms. The molecule has 0 unspecified atom stereocenters. The standard InChI is InChI=1S/C34H40FNO4/c1-22-8-9-23(2)36(22)20-26-16-24(10-12-29(26)30-18-27(39-4)11-13-32(30)35)21-40-28-7-5-6-25(17-28)31(19-33(37)38)34(3)14-15-34/h5-7,10-13,16-18,22-23,31H,8-9,14-15,19-21H2,1-4H3,(H,37,38)/t22-,23-,31+/m1/s1. The second-order valence-electron chi connectivity index (χ2n) is 12.0. The van der Waals surface area contributed by atoms with Crippen molar-refractivity contribution < 1.29 is 23.8 Å². The molecule has 0 radical (unpaired) electrons. The number of ether oxygens (including phenoxy) is 2. The third-order valence-electron chi connectivity index (χ3n) is 9.05. The van der Waals surface area contributed by atoms with Gasteiger partial charge in [-0.15, -0.1) is 0 Å². The van der Waals surface area contributed by atoms with Crippen LogP contribution in [0.25, 0.3) is 11.1 Å². The van der Waals surface area contributed by atoms with Crippen LogP contribution < -0.4 is 9.47 Å². The summed E-state index contributed by atoms with van der Waals surface area (Å²) in [5.41, 5.74) is 4.52. The van der Waals surface area contributed by atoms with Crippen LogP contribution in [0.3, 0.4) is 0 Å². The second kappa shape index (κ2) is 11.6. The summed E-state index contributed by atoms with van der Waals surface area (Å²) in [6, 6.07) is 19.8. The van der Waals surface area contributed by atoms with E-state index in [4.69, 9.17) is 9.47 Å². The van der Waals surface area contributed by atoms with Crippen LogP contribution in [-0.4, -0.2) is 35.2 Å². The van der Waals surface area contributed by atoms with Crippen molar-refractivity contribution in [3.05, 3.63) is 83.2 Å². The maximum atomic E-state index is 15.0. The van der Waals surface area contributed by atoms with Crippen molar-refractivity contribution in [2.45, 2.75) is 84.0 Å². The molecular formula is C34H40FNO4. The van der Waals surface area contributed by atoms with E-state index in [2.05, 4.69) is 31.7 Å². The molecule has 3 aromatic carbocycles. The van der Waals surface area contributed by atoms with Crippen LogP contribution in [0.4, 0.5) is 4.39 Å². The number of halogens is 1. The van der Waals surface area contributed by atoms with E-state index < -0.39 is 5.97 Å². The van der Waals surface area contributed by atoms with Crippen molar-refractivity contribution in [3.8, 4) is 22.6 Å². The Kier molecular flexibility index (Phi) is 8.18. The minimum absolute atomic E-state index is 0.0263. The molecule has 0 bridgehead atoms. The molecule has 1 aliphatic carbocycles. The van der Waals surface area contributed by atoms with E-state index in [1.54, 1.807) is 19.2 Å². The zero-order valence-corrected chi connectivity index (χ0v) is 24.0. The Hall–Kier alpha value is -3.38. The van der Waals surface area contributed by atoms with Gasteiger partial charge in [0.15, 0.2) is 0 Å². The van der Waals surface area contributed by atoms with E-state index in [0.717, 1.165) is 60.2 Å². The van der Waals surface area contributed by atoms with Crippen molar-refractivity contribution in [2.24, 2.45) is 5.41 Å². The molecule has 1 saturated heterocycles. The monoisotopic (exact) mass is 545 g/mol. The van der Waals surface area contributed by atoms with Crippen molar-refractivity contribution in [2.75, 3.05) is 7.11 Å². The average Bonchev–Trinajstić information content (AvgIpc) is 3.62. The summed E-state index contributed by atoms with van der Waals surface area (Å²) in [4.78, 5) is 14.1. The smallest absolute Gasteiger partial charge is 0.303 e. The normalized spacial score (nSPS) is 20.7. The maximum absolute atomic E-state index is 15.0. The fourth-order valence-corrected chi connectivity index (χ4v) is 6.20. The summed E-state index contributed by atoms with van der Waals surface area (Å²) < 4.78 is 26.7. The van der Waals surface area contributed by atoms with Gasteiger partial charge in [0.05, 0.1) is 13.5 Å². The highest BCUT2D eigenvalue weighted by atomic mass is 19.1. The van der Waals surface area contributed by atoms with Gasteiger partial charge in [-0.3, -0.25) is 9.69 Å². The summed E-state index contributed by atoms with van der Waals surface area (Å²) in [5.74, 6) is 0.278. The van der Waals surface area contributed by atoms with E-state index in [1.165, 1.54) is 6.07 Å². The molecule has 6 heteroatoms. The Labute approximate surface area is 236 Å². The Morgan fingerprint density at radius 2 is 1.77 bits per heavy atom. The molecular weight excluding hydrogens is 505 g/mol. The van der Waals surface area contributed by atoms with Gasteiger partial charge in [-0.2, -0.15) is 0 Å². The highest BCUT2D eigenvalue weighted by Crippen LogP contribution is 2.57. The molecule has 212 valence electrons. The largest absolute Gasteiger partial charge is 0.497 e. The average molecular weight is 546 g/mol. The van der Waals surface area contributed by atoms with Crippen molar-refractivity contribution in [1.82, 2.24) is 4.90 Å².